The molecule has 0 aromatic heterocycles. The van der Waals surface area contributed by atoms with E-state index in [1.807, 2.05) is 0 Å². The zero-order valence-electron chi connectivity index (χ0n) is 17.3. The Balaban J connectivity index is 0.000000628. The largest absolute Gasteiger partial charge is 0.273 e. The van der Waals surface area contributed by atoms with Gasteiger partial charge in [-0.15, -0.1) is 0 Å². The summed E-state index contributed by atoms with van der Waals surface area (Å²) in [5.74, 6) is 0. The first-order valence-electron chi connectivity index (χ1n) is 10.1. The summed E-state index contributed by atoms with van der Waals surface area (Å²) in [6.45, 7) is 5.94. The van der Waals surface area contributed by atoms with Crippen LogP contribution in [-0.2, 0) is 31.0 Å². The van der Waals surface area contributed by atoms with E-state index >= 15 is 0 Å². The van der Waals surface area contributed by atoms with E-state index in [1.54, 1.807) is 0 Å². The molecule has 1 heterocycles. The first-order valence-corrected chi connectivity index (χ1v) is 15.4. The second kappa shape index (κ2) is 13.5. The average molecular weight is 516 g/mol. The van der Waals surface area contributed by atoms with Gasteiger partial charge in [-0.1, -0.05) is 91.0 Å². The van der Waals surface area contributed by atoms with Gasteiger partial charge < -0.3 is 0 Å². The quantitative estimate of drug-likeness (QED) is 0.374. The maximum absolute atomic E-state index is 4.93. The number of nitrogens with zero attached hydrogens (tertiary/aromatic N) is 3. The zero-order chi connectivity index (χ0) is 21.9. The van der Waals surface area contributed by atoms with Gasteiger partial charge >= 0.3 is 41.5 Å². The normalized spacial score (nSPS) is 15.5. The van der Waals surface area contributed by atoms with E-state index in [0.29, 0.717) is 0 Å². The van der Waals surface area contributed by atoms with Crippen molar-refractivity contribution in [2.24, 2.45) is 0 Å². The Bertz CT molecular complexity index is 747. The number of hydrogen-bond acceptors (Lipinski definition) is 3. The van der Waals surface area contributed by atoms with Gasteiger partial charge in [-0.25, -0.2) is 0 Å². The summed E-state index contributed by atoms with van der Waals surface area (Å²) in [5, 5.41) is 0. The summed E-state index contributed by atoms with van der Waals surface area (Å²) >= 11 is -1.62. The van der Waals surface area contributed by atoms with Crippen LogP contribution in [-0.4, -0.2) is 34.7 Å². The van der Waals surface area contributed by atoms with Gasteiger partial charge in [-0.05, 0) is 16.7 Å². The molecule has 1 saturated heterocycles. The van der Waals surface area contributed by atoms with Crippen LogP contribution in [0.4, 0.5) is 0 Å². The van der Waals surface area contributed by atoms with Crippen LogP contribution < -0.4 is 0 Å². The second-order valence-electron chi connectivity index (χ2n) is 7.54. The first kappa shape index (κ1) is 24.6. The Morgan fingerprint density at radius 3 is 0.935 bits per heavy atom. The van der Waals surface area contributed by atoms with Crippen molar-refractivity contribution in [1.82, 2.24) is 14.7 Å². The Hall–Kier alpha value is -1.06. The second-order valence-corrected chi connectivity index (χ2v) is 13.9. The predicted octanol–water partition coefficient (Wildman–Crippen LogP) is 6.45. The molecule has 0 saturated carbocycles. The summed E-state index contributed by atoms with van der Waals surface area (Å²) in [6.07, 6.45) is 0. The van der Waals surface area contributed by atoms with Crippen molar-refractivity contribution in [2.75, 3.05) is 20.0 Å². The van der Waals surface area contributed by atoms with Crippen molar-refractivity contribution in [3.63, 3.8) is 0 Å². The van der Waals surface area contributed by atoms with Gasteiger partial charge in [0.05, 0.1) is 20.0 Å². The SMILES string of the molecule is [Cl][Cr+]([Cl])[Cl].c1ccc(CN2CN(Cc3ccccc3)CN(Cc3ccccc3)C2)cc1. The summed E-state index contributed by atoms with van der Waals surface area (Å²) in [4.78, 5) is 7.60. The fourth-order valence-electron chi connectivity index (χ4n) is 3.81. The van der Waals surface area contributed by atoms with Gasteiger partial charge in [0, 0.05) is 19.6 Å². The molecule has 1 fully saturated rings. The van der Waals surface area contributed by atoms with Crippen molar-refractivity contribution in [3.8, 4) is 0 Å². The molecule has 0 atom stereocenters. The van der Waals surface area contributed by atoms with Gasteiger partial charge in [0.1, 0.15) is 0 Å². The fourth-order valence-corrected chi connectivity index (χ4v) is 3.81. The maximum Gasteiger partial charge on any atom is 0.0537 e. The third-order valence-corrected chi connectivity index (χ3v) is 4.95. The van der Waals surface area contributed by atoms with Gasteiger partial charge in [-0.3, -0.25) is 14.7 Å². The smallest absolute Gasteiger partial charge is 0.0537 e. The molecule has 1 aliphatic heterocycles. The summed E-state index contributed by atoms with van der Waals surface area (Å²) in [7, 11) is 14.8. The van der Waals surface area contributed by atoms with Crippen molar-refractivity contribution in [1.29, 1.82) is 0 Å². The Morgan fingerprint density at radius 2 is 0.710 bits per heavy atom. The molecule has 3 aromatic carbocycles. The van der Waals surface area contributed by atoms with Gasteiger partial charge in [-0.2, -0.15) is 0 Å². The van der Waals surface area contributed by atoms with Crippen molar-refractivity contribution in [2.45, 2.75) is 19.6 Å². The van der Waals surface area contributed by atoms with Crippen molar-refractivity contribution in [3.05, 3.63) is 108 Å². The Morgan fingerprint density at radius 1 is 0.484 bits per heavy atom. The van der Waals surface area contributed by atoms with Crippen molar-refractivity contribution >= 4 is 30.1 Å². The van der Waals surface area contributed by atoms with E-state index in [2.05, 4.69) is 106 Å². The van der Waals surface area contributed by atoms with Gasteiger partial charge in [0.2, 0.25) is 0 Å². The average Bonchev–Trinajstić information content (AvgIpc) is 2.75. The molecule has 164 valence electrons. The summed E-state index contributed by atoms with van der Waals surface area (Å²) in [5.41, 5.74) is 4.12. The molecule has 0 bridgehead atoms. The minimum Gasteiger partial charge on any atom is -0.273 e. The molecule has 0 amide bonds. The van der Waals surface area contributed by atoms with Crippen LogP contribution in [0, 0.1) is 0 Å². The van der Waals surface area contributed by atoms with Crippen LogP contribution in [0.2, 0.25) is 0 Å². The molecule has 0 aliphatic carbocycles. The van der Waals surface area contributed by atoms with Gasteiger partial charge in [0.25, 0.3) is 0 Å². The van der Waals surface area contributed by atoms with Crippen LogP contribution >= 0.6 is 30.1 Å². The monoisotopic (exact) mass is 514 g/mol. The number of rotatable bonds is 6. The molecule has 3 nitrogen and oxygen atoms in total. The molecule has 3 aromatic rings. The van der Waals surface area contributed by atoms with E-state index in [-0.39, 0.29) is 0 Å². The molecular formula is C24H27Cl3CrN3+. The topological polar surface area (TPSA) is 9.72 Å². The molecular weight excluding hydrogens is 489 g/mol. The van der Waals surface area contributed by atoms with Crippen LogP contribution in [0.25, 0.3) is 0 Å². The molecule has 0 unspecified atom stereocenters. The van der Waals surface area contributed by atoms with E-state index < -0.39 is 11.4 Å². The third-order valence-electron chi connectivity index (χ3n) is 4.95. The Labute approximate surface area is 202 Å². The molecule has 0 N–H and O–H groups in total. The standard InChI is InChI=1S/C24H27N3.3ClH.Cr/c1-4-10-22(11-5-1)16-25-19-26(17-23-12-6-2-7-13-23)21-27(20-25)18-24-14-8-3-9-15-24;;;;/h1-15H,16-21H2;3*1H;/q;;;;+4/p-3. The first-order chi connectivity index (χ1) is 15.1. The zero-order valence-corrected chi connectivity index (χ0v) is 20.8. The van der Waals surface area contributed by atoms with E-state index in [9.17, 15) is 0 Å². The maximum atomic E-state index is 4.93. The number of hydrogen-bond donors (Lipinski definition) is 0. The van der Waals surface area contributed by atoms with Crippen LogP contribution in [0.5, 0.6) is 0 Å². The number of benzene rings is 3. The minimum absolute atomic E-state index is 0.984. The third kappa shape index (κ3) is 9.53. The van der Waals surface area contributed by atoms with E-state index in [1.165, 1.54) is 16.7 Å². The molecule has 7 heteroatoms. The Kier molecular flexibility index (Phi) is 10.7. The molecule has 0 spiro atoms. The summed E-state index contributed by atoms with van der Waals surface area (Å²) < 4.78 is 0. The summed E-state index contributed by atoms with van der Waals surface area (Å²) in [6, 6.07) is 32.3. The van der Waals surface area contributed by atoms with E-state index in [4.69, 9.17) is 30.1 Å². The molecule has 1 aliphatic rings. The molecule has 31 heavy (non-hydrogen) atoms. The van der Waals surface area contributed by atoms with E-state index in [0.717, 1.165) is 39.6 Å². The molecule has 0 radical (unpaired) electrons. The van der Waals surface area contributed by atoms with Crippen LogP contribution in [0.15, 0.2) is 91.0 Å². The van der Waals surface area contributed by atoms with Gasteiger partial charge in [0.15, 0.2) is 0 Å². The van der Waals surface area contributed by atoms with Crippen LogP contribution in [0.1, 0.15) is 16.7 Å². The molecule has 4 rings (SSSR count). The fraction of sp³-hybridized carbons (Fsp3) is 0.250. The number of halogens is 3. The predicted molar refractivity (Wildman–Crippen MR) is 128 cm³/mol. The minimum atomic E-state index is -1.62. The van der Waals surface area contributed by atoms with Crippen LogP contribution in [0.3, 0.4) is 0 Å². The van der Waals surface area contributed by atoms with Crippen molar-refractivity contribution < 1.29 is 11.4 Å².